The highest BCUT2D eigenvalue weighted by atomic mass is 15.2. The fourth-order valence-electron chi connectivity index (χ4n) is 2.07. The van der Waals surface area contributed by atoms with E-state index in [1.165, 1.54) is 5.69 Å². The van der Waals surface area contributed by atoms with E-state index in [9.17, 15) is 0 Å². The first kappa shape index (κ1) is 16.3. The van der Waals surface area contributed by atoms with Crippen LogP contribution in [-0.2, 0) is 0 Å². The molecule has 4 nitrogen and oxygen atoms in total. The van der Waals surface area contributed by atoms with Crippen LogP contribution in [0.3, 0.4) is 0 Å². The number of aliphatic imine (C=N–C) groups is 1. The molecule has 1 aromatic rings. The molecule has 0 unspecified atom stereocenters. The fourth-order valence-corrected chi connectivity index (χ4v) is 2.07. The Labute approximate surface area is 123 Å². The van der Waals surface area contributed by atoms with Crippen molar-refractivity contribution in [3.63, 3.8) is 0 Å². The summed E-state index contributed by atoms with van der Waals surface area (Å²) < 4.78 is 0. The average Bonchev–Trinajstić information content (AvgIpc) is 2.48. The standard InChI is InChI=1S/C16H28N4/c1-4-17-16(18-5-2)19-13-10-14-20(6-3)15-11-8-7-9-12-15/h7-9,11-12H,4-6,10,13-14H2,1-3H3,(H2,17,18,19). The Bertz CT molecular complexity index is 367. The molecular formula is C16H28N4. The van der Waals surface area contributed by atoms with E-state index in [-0.39, 0.29) is 0 Å². The van der Waals surface area contributed by atoms with Gasteiger partial charge in [-0.2, -0.15) is 0 Å². The Hall–Kier alpha value is -1.71. The monoisotopic (exact) mass is 276 g/mol. The summed E-state index contributed by atoms with van der Waals surface area (Å²) in [7, 11) is 0. The molecule has 0 saturated carbocycles. The van der Waals surface area contributed by atoms with Gasteiger partial charge in [-0.25, -0.2) is 0 Å². The largest absolute Gasteiger partial charge is 0.372 e. The molecule has 0 spiro atoms. The molecule has 20 heavy (non-hydrogen) atoms. The number of guanidine groups is 1. The van der Waals surface area contributed by atoms with Crippen molar-refractivity contribution >= 4 is 11.6 Å². The molecule has 0 saturated heterocycles. The maximum Gasteiger partial charge on any atom is 0.191 e. The lowest BCUT2D eigenvalue weighted by Crippen LogP contribution is -2.37. The normalized spacial score (nSPS) is 9.95. The first-order valence-electron chi connectivity index (χ1n) is 7.64. The van der Waals surface area contributed by atoms with Gasteiger partial charge in [-0.15, -0.1) is 0 Å². The highest BCUT2D eigenvalue weighted by molar-refractivity contribution is 5.79. The van der Waals surface area contributed by atoms with Crippen LogP contribution in [0.5, 0.6) is 0 Å². The number of hydrogen-bond acceptors (Lipinski definition) is 2. The van der Waals surface area contributed by atoms with E-state index in [0.29, 0.717) is 0 Å². The maximum atomic E-state index is 4.57. The molecular weight excluding hydrogens is 248 g/mol. The summed E-state index contributed by atoms with van der Waals surface area (Å²) in [6, 6.07) is 10.6. The van der Waals surface area contributed by atoms with Gasteiger partial charge in [-0.1, -0.05) is 18.2 Å². The van der Waals surface area contributed by atoms with Gasteiger partial charge < -0.3 is 15.5 Å². The van der Waals surface area contributed by atoms with Crippen molar-refractivity contribution in [1.82, 2.24) is 10.6 Å². The minimum atomic E-state index is 0.846. The van der Waals surface area contributed by atoms with Crippen molar-refractivity contribution in [3.8, 4) is 0 Å². The van der Waals surface area contributed by atoms with Gasteiger partial charge in [0, 0.05) is 38.4 Å². The smallest absolute Gasteiger partial charge is 0.191 e. The van der Waals surface area contributed by atoms with E-state index >= 15 is 0 Å². The number of nitrogens with one attached hydrogen (secondary N) is 2. The van der Waals surface area contributed by atoms with Crippen molar-refractivity contribution in [1.29, 1.82) is 0 Å². The Morgan fingerprint density at radius 2 is 1.70 bits per heavy atom. The molecule has 0 fully saturated rings. The predicted octanol–water partition coefficient (Wildman–Crippen LogP) is 2.48. The molecule has 0 aliphatic heterocycles. The quantitative estimate of drug-likeness (QED) is 0.435. The van der Waals surface area contributed by atoms with E-state index in [1.54, 1.807) is 0 Å². The van der Waals surface area contributed by atoms with Gasteiger partial charge in [-0.05, 0) is 39.3 Å². The Morgan fingerprint density at radius 3 is 2.25 bits per heavy atom. The molecule has 0 aliphatic carbocycles. The molecule has 0 radical (unpaired) electrons. The Morgan fingerprint density at radius 1 is 1.05 bits per heavy atom. The second-order valence-corrected chi connectivity index (χ2v) is 4.56. The highest BCUT2D eigenvalue weighted by Crippen LogP contribution is 2.12. The van der Waals surface area contributed by atoms with E-state index in [0.717, 1.165) is 45.1 Å². The van der Waals surface area contributed by atoms with Crippen LogP contribution < -0.4 is 15.5 Å². The second kappa shape index (κ2) is 10.1. The maximum absolute atomic E-state index is 4.57. The third-order valence-electron chi connectivity index (χ3n) is 3.05. The third kappa shape index (κ3) is 5.95. The van der Waals surface area contributed by atoms with Crippen LogP contribution in [0, 0.1) is 0 Å². The molecule has 0 aromatic heterocycles. The van der Waals surface area contributed by atoms with E-state index in [1.807, 2.05) is 0 Å². The van der Waals surface area contributed by atoms with Gasteiger partial charge >= 0.3 is 0 Å². The summed E-state index contributed by atoms with van der Waals surface area (Å²) in [5.41, 5.74) is 1.29. The summed E-state index contributed by atoms with van der Waals surface area (Å²) in [6.07, 6.45) is 1.06. The number of para-hydroxylation sites is 1. The molecule has 1 rings (SSSR count). The summed E-state index contributed by atoms with van der Waals surface area (Å²) in [5.74, 6) is 0.915. The lowest BCUT2D eigenvalue weighted by Gasteiger charge is -2.22. The van der Waals surface area contributed by atoms with Crippen LogP contribution in [0.15, 0.2) is 35.3 Å². The summed E-state index contributed by atoms with van der Waals surface area (Å²) in [4.78, 5) is 6.96. The number of benzene rings is 1. The minimum Gasteiger partial charge on any atom is -0.372 e. The van der Waals surface area contributed by atoms with Crippen molar-refractivity contribution in [2.75, 3.05) is 37.6 Å². The highest BCUT2D eigenvalue weighted by Gasteiger charge is 2.02. The molecule has 0 amide bonds. The molecule has 4 heteroatoms. The minimum absolute atomic E-state index is 0.846. The fraction of sp³-hybridized carbons (Fsp3) is 0.562. The lowest BCUT2D eigenvalue weighted by molar-refractivity contribution is 0.745. The first-order chi connectivity index (χ1) is 9.81. The molecule has 0 atom stereocenters. The summed E-state index contributed by atoms with van der Waals surface area (Å²) >= 11 is 0. The van der Waals surface area contributed by atoms with E-state index in [4.69, 9.17) is 0 Å². The zero-order valence-electron chi connectivity index (χ0n) is 13.0. The molecule has 0 heterocycles. The first-order valence-corrected chi connectivity index (χ1v) is 7.64. The average molecular weight is 276 g/mol. The lowest BCUT2D eigenvalue weighted by atomic mass is 10.2. The zero-order valence-corrected chi connectivity index (χ0v) is 13.0. The second-order valence-electron chi connectivity index (χ2n) is 4.56. The van der Waals surface area contributed by atoms with Crippen LogP contribution in [0.2, 0.25) is 0 Å². The van der Waals surface area contributed by atoms with Gasteiger partial charge in [0.25, 0.3) is 0 Å². The molecule has 0 aliphatic rings. The van der Waals surface area contributed by atoms with E-state index < -0.39 is 0 Å². The van der Waals surface area contributed by atoms with Crippen LogP contribution in [0.25, 0.3) is 0 Å². The Kier molecular flexibility index (Phi) is 8.27. The van der Waals surface area contributed by atoms with Gasteiger partial charge in [0.05, 0.1) is 0 Å². The topological polar surface area (TPSA) is 39.7 Å². The van der Waals surface area contributed by atoms with Gasteiger partial charge in [-0.3, -0.25) is 4.99 Å². The predicted molar refractivity (Wildman–Crippen MR) is 88.6 cm³/mol. The molecule has 112 valence electrons. The van der Waals surface area contributed by atoms with Crippen molar-refractivity contribution in [2.24, 2.45) is 4.99 Å². The number of nitrogens with zero attached hydrogens (tertiary/aromatic N) is 2. The third-order valence-corrected chi connectivity index (χ3v) is 3.05. The van der Waals surface area contributed by atoms with Crippen LogP contribution in [-0.4, -0.2) is 38.7 Å². The van der Waals surface area contributed by atoms with Crippen molar-refractivity contribution in [2.45, 2.75) is 27.2 Å². The molecule has 2 N–H and O–H groups in total. The number of anilines is 1. The SMILES string of the molecule is CCNC(=NCCCN(CC)c1ccccc1)NCC. The van der Waals surface area contributed by atoms with Crippen LogP contribution in [0.4, 0.5) is 5.69 Å². The number of rotatable bonds is 8. The molecule has 1 aromatic carbocycles. The van der Waals surface area contributed by atoms with Crippen LogP contribution in [0.1, 0.15) is 27.2 Å². The summed E-state index contributed by atoms with van der Waals surface area (Å²) in [5, 5.41) is 6.49. The van der Waals surface area contributed by atoms with Gasteiger partial charge in [0.1, 0.15) is 0 Å². The number of hydrogen-bond donors (Lipinski definition) is 2. The summed E-state index contributed by atoms with van der Waals surface area (Å²) in [6.45, 7) is 11.1. The van der Waals surface area contributed by atoms with Gasteiger partial charge in [0.15, 0.2) is 5.96 Å². The van der Waals surface area contributed by atoms with E-state index in [2.05, 4.69) is 71.6 Å². The van der Waals surface area contributed by atoms with Crippen molar-refractivity contribution in [3.05, 3.63) is 30.3 Å². The zero-order chi connectivity index (χ0) is 14.6. The van der Waals surface area contributed by atoms with Crippen LogP contribution >= 0.6 is 0 Å². The van der Waals surface area contributed by atoms with Gasteiger partial charge in [0.2, 0.25) is 0 Å². The Balaban J connectivity index is 2.39. The molecule has 0 bridgehead atoms. The van der Waals surface area contributed by atoms with Crippen molar-refractivity contribution < 1.29 is 0 Å².